The van der Waals surface area contributed by atoms with Crippen LogP contribution in [0.25, 0.3) is 0 Å². The predicted octanol–water partition coefficient (Wildman–Crippen LogP) is 4.67. The molecule has 0 unspecified atom stereocenters. The van der Waals surface area contributed by atoms with Crippen LogP contribution in [0, 0.1) is 0 Å². The quantitative estimate of drug-likeness (QED) is 0.513. The molecule has 2 aromatic rings. The summed E-state index contributed by atoms with van der Waals surface area (Å²) in [5, 5.41) is 0. The summed E-state index contributed by atoms with van der Waals surface area (Å²) in [4.78, 5) is 2.34. The van der Waals surface area contributed by atoms with E-state index in [1.807, 2.05) is 38.1 Å². The van der Waals surface area contributed by atoms with Gasteiger partial charge in [-0.3, -0.25) is 0 Å². The van der Waals surface area contributed by atoms with Crippen molar-refractivity contribution < 1.29 is 18.9 Å². The Bertz CT molecular complexity index is 530. The van der Waals surface area contributed by atoms with Gasteiger partial charge in [-0.1, -0.05) is 11.8 Å². The summed E-state index contributed by atoms with van der Waals surface area (Å²) in [6.07, 6.45) is 0. The smallest absolute Gasteiger partial charge is 0.119 e. The van der Waals surface area contributed by atoms with Gasteiger partial charge in [0.1, 0.15) is 24.7 Å². The van der Waals surface area contributed by atoms with Crippen molar-refractivity contribution in [1.29, 1.82) is 0 Å². The molecule has 2 rings (SSSR count). The Hall–Kier alpha value is -1.69. The first-order valence-corrected chi connectivity index (χ1v) is 9.42. The van der Waals surface area contributed by atoms with E-state index in [2.05, 4.69) is 24.3 Å². The second-order valence-corrected chi connectivity index (χ2v) is 6.28. The second kappa shape index (κ2) is 11.8. The summed E-state index contributed by atoms with van der Waals surface area (Å²) in [5.74, 6) is 1.73. The molecule has 0 bridgehead atoms. The molecule has 0 aliphatic heterocycles. The third-order valence-electron chi connectivity index (χ3n) is 3.28. The molecule has 0 heterocycles. The molecule has 0 aliphatic rings. The molecule has 5 heteroatoms. The molecule has 0 aromatic heterocycles. The van der Waals surface area contributed by atoms with E-state index in [0.29, 0.717) is 26.4 Å². The maximum atomic E-state index is 5.62. The summed E-state index contributed by atoms with van der Waals surface area (Å²) >= 11 is 1.71. The fraction of sp³-hybridized carbons (Fsp3) is 0.400. The van der Waals surface area contributed by atoms with Crippen molar-refractivity contribution >= 4 is 11.8 Å². The summed E-state index contributed by atoms with van der Waals surface area (Å²) in [5.41, 5.74) is 0. The molecule has 25 heavy (non-hydrogen) atoms. The number of hydrogen-bond acceptors (Lipinski definition) is 5. The molecule has 0 radical (unpaired) electrons. The van der Waals surface area contributed by atoms with Gasteiger partial charge in [0.25, 0.3) is 0 Å². The first-order chi connectivity index (χ1) is 12.3. The SMILES string of the molecule is CCOCCOc1ccc(Sc2ccc(OCCOCC)cc2)cc1. The highest BCUT2D eigenvalue weighted by Crippen LogP contribution is 2.30. The molecule has 0 saturated carbocycles. The van der Waals surface area contributed by atoms with Gasteiger partial charge in [0.15, 0.2) is 0 Å². The summed E-state index contributed by atoms with van der Waals surface area (Å²) in [6, 6.07) is 16.2. The van der Waals surface area contributed by atoms with E-state index in [1.165, 1.54) is 9.79 Å². The van der Waals surface area contributed by atoms with Crippen molar-refractivity contribution in [1.82, 2.24) is 0 Å². The van der Waals surface area contributed by atoms with Gasteiger partial charge in [0.05, 0.1) is 13.2 Å². The summed E-state index contributed by atoms with van der Waals surface area (Å²) in [6.45, 7) is 7.77. The molecule has 0 aliphatic carbocycles. The van der Waals surface area contributed by atoms with Crippen LogP contribution in [0.5, 0.6) is 11.5 Å². The Balaban J connectivity index is 1.77. The van der Waals surface area contributed by atoms with Gasteiger partial charge in [-0.25, -0.2) is 0 Å². The van der Waals surface area contributed by atoms with Crippen LogP contribution in [0.15, 0.2) is 58.3 Å². The highest BCUT2D eigenvalue weighted by Gasteiger charge is 2.00. The normalized spacial score (nSPS) is 10.6. The zero-order valence-corrected chi connectivity index (χ0v) is 15.7. The average Bonchev–Trinajstić information content (AvgIpc) is 2.65. The monoisotopic (exact) mass is 362 g/mol. The lowest BCUT2D eigenvalue weighted by Crippen LogP contribution is -2.06. The molecule has 4 nitrogen and oxygen atoms in total. The van der Waals surface area contributed by atoms with Crippen molar-refractivity contribution in [2.24, 2.45) is 0 Å². The van der Waals surface area contributed by atoms with Crippen LogP contribution in [0.2, 0.25) is 0 Å². The summed E-state index contributed by atoms with van der Waals surface area (Å²) in [7, 11) is 0. The zero-order valence-electron chi connectivity index (χ0n) is 14.9. The molecule has 136 valence electrons. The summed E-state index contributed by atoms with van der Waals surface area (Å²) < 4.78 is 21.8. The minimum atomic E-state index is 0.574. The van der Waals surface area contributed by atoms with E-state index in [0.717, 1.165) is 24.7 Å². The Morgan fingerprint density at radius 1 is 0.600 bits per heavy atom. The van der Waals surface area contributed by atoms with Gasteiger partial charge in [-0.15, -0.1) is 0 Å². The molecular weight excluding hydrogens is 336 g/mol. The maximum absolute atomic E-state index is 5.62. The van der Waals surface area contributed by atoms with E-state index in [-0.39, 0.29) is 0 Å². The Kier molecular flexibility index (Phi) is 9.26. The zero-order chi connectivity index (χ0) is 17.7. The van der Waals surface area contributed by atoms with Gasteiger partial charge < -0.3 is 18.9 Å². The third-order valence-corrected chi connectivity index (χ3v) is 4.30. The van der Waals surface area contributed by atoms with E-state index >= 15 is 0 Å². The lowest BCUT2D eigenvalue weighted by atomic mass is 10.3. The number of rotatable bonds is 12. The lowest BCUT2D eigenvalue weighted by Gasteiger charge is -2.08. The van der Waals surface area contributed by atoms with Crippen LogP contribution in [0.1, 0.15) is 13.8 Å². The van der Waals surface area contributed by atoms with Crippen molar-refractivity contribution in [3.05, 3.63) is 48.5 Å². The molecule has 0 saturated heterocycles. The average molecular weight is 362 g/mol. The highest BCUT2D eigenvalue weighted by atomic mass is 32.2. The number of hydrogen-bond donors (Lipinski definition) is 0. The number of benzene rings is 2. The minimum absolute atomic E-state index is 0.574. The van der Waals surface area contributed by atoms with Crippen LogP contribution < -0.4 is 9.47 Å². The van der Waals surface area contributed by atoms with Gasteiger partial charge in [0.2, 0.25) is 0 Å². The van der Waals surface area contributed by atoms with Crippen molar-refractivity contribution in [2.75, 3.05) is 39.6 Å². The first kappa shape index (κ1) is 19.6. The van der Waals surface area contributed by atoms with Gasteiger partial charge in [-0.2, -0.15) is 0 Å². The van der Waals surface area contributed by atoms with Crippen LogP contribution >= 0.6 is 11.8 Å². The van der Waals surface area contributed by atoms with Crippen LogP contribution in [0.4, 0.5) is 0 Å². The van der Waals surface area contributed by atoms with Crippen LogP contribution in [0.3, 0.4) is 0 Å². The van der Waals surface area contributed by atoms with Crippen molar-refractivity contribution in [3.8, 4) is 11.5 Å². The van der Waals surface area contributed by atoms with Crippen LogP contribution in [-0.2, 0) is 9.47 Å². The molecule has 0 atom stereocenters. The number of ether oxygens (including phenoxy) is 4. The third kappa shape index (κ3) is 7.82. The molecule has 0 amide bonds. The molecule has 2 aromatic carbocycles. The first-order valence-electron chi connectivity index (χ1n) is 8.61. The maximum Gasteiger partial charge on any atom is 0.119 e. The van der Waals surface area contributed by atoms with E-state index in [9.17, 15) is 0 Å². The fourth-order valence-corrected chi connectivity index (χ4v) is 2.89. The minimum Gasteiger partial charge on any atom is -0.491 e. The van der Waals surface area contributed by atoms with Crippen molar-refractivity contribution in [3.63, 3.8) is 0 Å². The lowest BCUT2D eigenvalue weighted by molar-refractivity contribution is 0.110. The van der Waals surface area contributed by atoms with Gasteiger partial charge in [0, 0.05) is 23.0 Å². The molecule has 0 fully saturated rings. The predicted molar refractivity (Wildman–Crippen MR) is 101 cm³/mol. The molecular formula is C20H26O4S. The van der Waals surface area contributed by atoms with E-state index in [4.69, 9.17) is 18.9 Å². The van der Waals surface area contributed by atoms with E-state index in [1.54, 1.807) is 11.8 Å². The molecule has 0 N–H and O–H groups in total. The van der Waals surface area contributed by atoms with Gasteiger partial charge in [-0.05, 0) is 62.4 Å². The topological polar surface area (TPSA) is 36.9 Å². The highest BCUT2D eigenvalue weighted by molar-refractivity contribution is 7.99. The molecule has 0 spiro atoms. The van der Waals surface area contributed by atoms with Crippen LogP contribution in [-0.4, -0.2) is 39.6 Å². The Morgan fingerprint density at radius 3 is 1.36 bits per heavy atom. The Labute approximate surface area is 154 Å². The Morgan fingerprint density at radius 2 is 1.00 bits per heavy atom. The largest absolute Gasteiger partial charge is 0.491 e. The van der Waals surface area contributed by atoms with Gasteiger partial charge >= 0.3 is 0 Å². The standard InChI is InChI=1S/C20H26O4S/c1-3-21-13-15-23-17-5-9-19(10-6-17)25-20-11-7-18(8-12-20)24-16-14-22-4-2/h5-12H,3-4,13-16H2,1-2H3. The fourth-order valence-electron chi connectivity index (χ4n) is 2.07. The van der Waals surface area contributed by atoms with E-state index < -0.39 is 0 Å². The second-order valence-electron chi connectivity index (χ2n) is 5.14. The van der Waals surface area contributed by atoms with Crippen molar-refractivity contribution in [2.45, 2.75) is 23.6 Å².